The molecule has 0 saturated carbocycles. The number of anilines is 1. The molecule has 0 aliphatic carbocycles. The van der Waals surface area contributed by atoms with Gasteiger partial charge in [0.15, 0.2) is 0 Å². The van der Waals surface area contributed by atoms with Crippen LogP contribution in [0.4, 0.5) is 5.69 Å². The van der Waals surface area contributed by atoms with Crippen LogP contribution in [0, 0.1) is 0 Å². The van der Waals surface area contributed by atoms with E-state index < -0.39 is 15.9 Å². The Balaban J connectivity index is 1.73. The van der Waals surface area contributed by atoms with Crippen LogP contribution in [-0.4, -0.2) is 26.8 Å². The number of carbonyl (C=O) groups excluding carboxylic acids is 1. The van der Waals surface area contributed by atoms with E-state index in [2.05, 4.69) is 10.5 Å². The number of amides is 1. The second-order valence-corrected chi connectivity index (χ2v) is 9.94. The summed E-state index contributed by atoms with van der Waals surface area (Å²) in [4.78, 5) is 12.4. The maximum atomic E-state index is 12.4. The standard InChI is InChI=1S/C22H18Cl3N3O3S/c1-32(30,31)28(14-15-5-9-17(23)10-6-15)18-11-7-16(8-12-18)22(29)27-26-13-19-20(24)3-2-4-21(19)25/h2-13H,14H2,1H3,(H,27,29)/b26-13+. The summed E-state index contributed by atoms with van der Waals surface area (Å²) in [5.74, 6) is -0.473. The maximum absolute atomic E-state index is 12.4. The molecule has 1 N–H and O–H groups in total. The molecule has 0 aliphatic heterocycles. The van der Waals surface area contributed by atoms with E-state index in [1.54, 1.807) is 54.6 Å². The Morgan fingerprint density at radius 1 is 0.969 bits per heavy atom. The first-order valence-corrected chi connectivity index (χ1v) is 12.2. The van der Waals surface area contributed by atoms with Gasteiger partial charge in [0.05, 0.1) is 34.7 Å². The fourth-order valence-corrected chi connectivity index (χ4v) is 4.30. The van der Waals surface area contributed by atoms with Crippen molar-refractivity contribution in [2.45, 2.75) is 6.54 Å². The monoisotopic (exact) mass is 509 g/mol. The zero-order valence-electron chi connectivity index (χ0n) is 16.8. The molecule has 1 amide bonds. The lowest BCUT2D eigenvalue weighted by atomic mass is 10.2. The number of hydrogen-bond acceptors (Lipinski definition) is 4. The van der Waals surface area contributed by atoms with Gasteiger partial charge in [-0.05, 0) is 54.1 Å². The summed E-state index contributed by atoms with van der Waals surface area (Å²) in [6.45, 7) is 0.129. The van der Waals surface area contributed by atoms with Crippen molar-refractivity contribution in [3.8, 4) is 0 Å². The van der Waals surface area contributed by atoms with Crippen LogP contribution in [0.2, 0.25) is 15.1 Å². The van der Waals surface area contributed by atoms with Gasteiger partial charge in [-0.15, -0.1) is 0 Å². The van der Waals surface area contributed by atoms with Gasteiger partial charge in [-0.25, -0.2) is 13.8 Å². The van der Waals surface area contributed by atoms with Crippen molar-refractivity contribution in [3.63, 3.8) is 0 Å². The molecule has 32 heavy (non-hydrogen) atoms. The molecule has 0 aliphatic rings. The molecule has 0 aromatic heterocycles. The molecule has 0 heterocycles. The normalized spacial score (nSPS) is 11.5. The van der Waals surface area contributed by atoms with Gasteiger partial charge in [0, 0.05) is 16.1 Å². The average Bonchev–Trinajstić information content (AvgIpc) is 2.74. The molecule has 166 valence electrons. The second-order valence-electron chi connectivity index (χ2n) is 6.78. The zero-order valence-corrected chi connectivity index (χ0v) is 19.9. The number of hydrogen-bond donors (Lipinski definition) is 1. The highest BCUT2D eigenvalue weighted by atomic mass is 35.5. The molecule has 0 unspecified atom stereocenters. The molecule has 3 rings (SSSR count). The van der Waals surface area contributed by atoms with E-state index in [9.17, 15) is 13.2 Å². The van der Waals surface area contributed by atoms with E-state index in [0.29, 0.717) is 31.9 Å². The summed E-state index contributed by atoms with van der Waals surface area (Å²) in [5, 5.41) is 5.26. The smallest absolute Gasteiger partial charge is 0.267 e. The third kappa shape index (κ3) is 6.23. The highest BCUT2D eigenvalue weighted by Crippen LogP contribution is 2.23. The number of rotatable bonds is 7. The fraction of sp³-hybridized carbons (Fsp3) is 0.0909. The molecule has 10 heteroatoms. The van der Waals surface area contributed by atoms with Gasteiger partial charge in [-0.1, -0.05) is 53.0 Å². The summed E-state index contributed by atoms with van der Waals surface area (Å²) in [6.07, 6.45) is 2.48. The Morgan fingerprint density at radius 3 is 2.12 bits per heavy atom. The van der Waals surface area contributed by atoms with Crippen molar-refractivity contribution in [3.05, 3.63) is 98.5 Å². The van der Waals surface area contributed by atoms with Crippen LogP contribution >= 0.6 is 34.8 Å². The Bertz CT molecular complexity index is 1230. The number of hydrazone groups is 1. The fourth-order valence-electron chi connectivity index (χ4n) is 2.79. The predicted octanol–water partition coefficient (Wildman–Crippen LogP) is 5.38. The SMILES string of the molecule is CS(=O)(=O)N(Cc1ccc(Cl)cc1)c1ccc(C(=O)N/N=C/c2c(Cl)cccc2Cl)cc1. The van der Waals surface area contributed by atoms with Gasteiger partial charge in [0.2, 0.25) is 10.0 Å². The molecule has 0 fully saturated rings. The second kappa shape index (κ2) is 10.4. The largest absolute Gasteiger partial charge is 0.271 e. The molecule has 3 aromatic rings. The Labute approximate surface area is 201 Å². The van der Waals surface area contributed by atoms with Crippen molar-refractivity contribution >= 4 is 62.6 Å². The van der Waals surface area contributed by atoms with E-state index in [4.69, 9.17) is 34.8 Å². The molecular weight excluding hydrogens is 493 g/mol. The van der Waals surface area contributed by atoms with Crippen molar-refractivity contribution < 1.29 is 13.2 Å². The number of nitrogens with zero attached hydrogens (tertiary/aromatic N) is 2. The van der Waals surface area contributed by atoms with Crippen molar-refractivity contribution in [1.82, 2.24) is 5.43 Å². The van der Waals surface area contributed by atoms with E-state index in [1.807, 2.05) is 0 Å². The van der Waals surface area contributed by atoms with E-state index in [-0.39, 0.29) is 6.54 Å². The first-order chi connectivity index (χ1) is 15.1. The summed E-state index contributed by atoms with van der Waals surface area (Å²) in [7, 11) is -3.56. The van der Waals surface area contributed by atoms with Crippen LogP contribution in [0.5, 0.6) is 0 Å². The van der Waals surface area contributed by atoms with Crippen LogP contribution in [0.3, 0.4) is 0 Å². The Hall–Kier alpha value is -2.58. The minimum atomic E-state index is -3.56. The molecule has 0 atom stereocenters. The van der Waals surface area contributed by atoms with Gasteiger partial charge >= 0.3 is 0 Å². The van der Waals surface area contributed by atoms with Crippen molar-refractivity contribution in [2.75, 3.05) is 10.6 Å². The molecule has 0 bridgehead atoms. The van der Waals surface area contributed by atoms with E-state index in [1.165, 1.54) is 22.7 Å². The number of nitrogens with one attached hydrogen (secondary N) is 1. The number of benzene rings is 3. The molecular formula is C22H18Cl3N3O3S. The average molecular weight is 511 g/mol. The highest BCUT2D eigenvalue weighted by Gasteiger charge is 2.18. The molecule has 3 aromatic carbocycles. The van der Waals surface area contributed by atoms with Gasteiger partial charge < -0.3 is 0 Å². The first kappa shape index (κ1) is 24.1. The van der Waals surface area contributed by atoms with E-state index in [0.717, 1.165) is 11.8 Å². The summed E-state index contributed by atoms with van der Waals surface area (Å²) in [6, 6.07) is 18.1. The van der Waals surface area contributed by atoms with Gasteiger partial charge in [0.1, 0.15) is 0 Å². The minimum absolute atomic E-state index is 0.129. The third-order valence-corrected chi connectivity index (χ3v) is 6.47. The minimum Gasteiger partial charge on any atom is -0.267 e. The van der Waals surface area contributed by atoms with Crippen LogP contribution < -0.4 is 9.73 Å². The van der Waals surface area contributed by atoms with Gasteiger partial charge in [-0.3, -0.25) is 9.10 Å². The lowest BCUT2D eigenvalue weighted by Crippen LogP contribution is -2.29. The lowest BCUT2D eigenvalue weighted by molar-refractivity contribution is 0.0955. The topological polar surface area (TPSA) is 78.8 Å². The highest BCUT2D eigenvalue weighted by molar-refractivity contribution is 7.92. The molecule has 6 nitrogen and oxygen atoms in total. The van der Waals surface area contributed by atoms with Crippen molar-refractivity contribution in [2.24, 2.45) is 5.10 Å². The summed E-state index contributed by atoms with van der Waals surface area (Å²) >= 11 is 18.0. The Morgan fingerprint density at radius 2 is 1.56 bits per heavy atom. The molecule has 0 radical (unpaired) electrons. The van der Waals surface area contributed by atoms with Crippen LogP contribution in [-0.2, 0) is 16.6 Å². The van der Waals surface area contributed by atoms with Crippen LogP contribution in [0.1, 0.15) is 21.5 Å². The maximum Gasteiger partial charge on any atom is 0.271 e. The molecule has 0 saturated heterocycles. The third-order valence-electron chi connectivity index (χ3n) is 4.42. The number of halogens is 3. The summed E-state index contributed by atoms with van der Waals surface area (Å²) < 4.78 is 25.9. The van der Waals surface area contributed by atoms with E-state index >= 15 is 0 Å². The number of sulfonamides is 1. The quantitative estimate of drug-likeness (QED) is 0.342. The predicted molar refractivity (Wildman–Crippen MR) is 130 cm³/mol. The molecule has 0 spiro atoms. The van der Waals surface area contributed by atoms with Crippen molar-refractivity contribution in [1.29, 1.82) is 0 Å². The zero-order chi connectivity index (χ0) is 23.3. The van der Waals surface area contributed by atoms with Gasteiger partial charge in [0.25, 0.3) is 5.91 Å². The summed E-state index contributed by atoms with van der Waals surface area (Å²) in [5.41, 5.74) is 4.37. The van der Waals surface area contributed by atoms with Gasteiger partial charge in [-0.2, -0.15) is 5.10 Å². The Kier molecular flexibility index (Phi) is 7.79. The lowest BCUT2D eigenvalue weighted by Gasteiger charge is -2.22. The van der Waals surface area contributed by atoms with Crippen LogP contribution in [0.25, 0.3) is 0 Å². The first-order valence-electron chi connectivity index (χ1n) is 9.25. The number of carbonyl (C=O) groups is 1. The van der Waals surface area contributed by atoms with Crippen LogP contribution in [0.15, 0.2) is 71.8 Å².